The van der Waals surface area contributed by atoms with Gasteiger partial charge < -0.3 is 4.74 Å². The van der Waals surface area contributed by atoms with Crippen LogP contribution in [0.2, 0.25) is 0 Å². The average Bonchev–Trinajstić information content (AvgIpc) is 3.24. The van der Waals surface area contributed by atoms with Crippen molar-refractivity contribution in [3.8, 4) is 17.4 Å². The second-order valence-electron chi connectivity index (χ2n) is 7.44. The number of ether oxygens (including phenoxy) is 1. The van der Waals surface area contributed by atoms with Crippen LogP contribution in [-0.4, -0.2) is 30.3 Å². The van der Waals surface area contributed by atoms with Gasteiger partial charge in [0, 0.05) is 30.5 Å². The Bertz CT molecular complexity index is 1310. The van der Waals surface area contributed by atoms with E-state index in [1.54, 1.807) is 17.0 Å². The summed E-state index contributed by atoms with van der Waals surface area (Å²) in [7, 11) is 0. The number of benzene rings is 1. The van der Waals surface area contributed by atoms with Crippen molar-refractivity contribution in [2.45, 2.75) is 25.2 Å². The highest BCUT2D eigenvalue weighted by atomic mass is 16.5. The number of allylic oxidation sites excluding steroid dienone is 2. The summed E-state index contributed by atoms with van der Waals surface area (Å²) in [5.74, 6) is 1.57. The first-order chi connectivity index (χ1) is 14.8. The molecular formula is C23H17N5O2. The Balaban J connectivity index is 1.62. The van der Waals surface area contributed by atoms with Gasteiger partial charge in [0.05, 0.1) is 5.56 Å². The molecule has 2 aliphatic rings. The largest absolute Gasteiger partial charge is 0.442 e. The molecule has 7 heteroatoms. The molecule has 7 nitrogen and oxygen atoms in total. The number of fused-ring (bicyclic) bond motifs is 3. The van der Waals surface area contributed by atoms with Gasteiger partial charge in [-0.05, 0) is 24.1 Å². The number of Topliss-reactive ketones (excluding diaryl/α,β-unsaturated/α-hetero) is 1. The summed E-state index contributed by atoms with van der Waals surface area (Å²) in [5.41, 5.74) is 3.81. The number of carbonyl (C=O) groups excluding carboxylic acids is 1. The second kappa shape index (κ2) is 6.59. The molecule has 146 valence electrons. The van der Waals surface area contributed by atoms with Crippen molar-refractivity contribution >= 4 is 11.4 Å². The number of ketones is 1. The van der Waals surface area contributed by atoms with Crippen LogP contribution in [0.5, 0.6) is 5.88 Å². The van der Waals surface area contributed by atoms with Gasteiger partial charge in [0.25, 0.3) is 0 Å². The Morgan fingerprint density at radius 3 is 2.70 bits per heavy atom. The maximum Gasteiger partial charge on any atom is 0.228 e. The topological polar surface area (TPSA) is 82.3 Å². The summed E-state index contributed by atoms with van der Waals surface area (Å²) in [5, 5.41) is 4.57. The zero-order valence-electron chi connectivity index (χ0n) is 16.0. The third-order valence-corrected chi connectivity index (χ3v) is 5.62. The van der Waals surface area contributed by atoms with Crippen LogP contribution in [0.15, 0.2) is 72.4 Å². The van der Waals surface area contributed by atoms with Crippen LogP contribution in [0.4, 0.5) is 0 Å². The minimum absolute atomic E-state index is 0.127. The van der Waals surface area contributed by atoms with Crippen molar-refractivity contribution in [1.29, 1.82) is 0 Å². The van der Waals surface area contributed by atoms with E-state index in [-0.39, 0.29) is 11.7 Å². The van der Waals surface area contributed by atoms with Gasteiger partial charge in [0.2, 0.25) is 11.7 Å². The Labute approximate surface area is 172 Å². The number of hydrogen-bond acceptors (Lipinski definition) is 6. The summed E-state index contributed by atoms with van der Waals surface area (Å²) in [4.78, 5) is 26.6. The Morgan fingerprint density at radius 1 is 1.00 bits per heavy atom. The summed E-state index contributed by atoms with van der Waals surface area (Å²) < 4.78 is 7.77. The molecule has 6 rings (SSSR count). The lowest BCUT2D eigenvalue weighted by Crippen LogP contribution is -2.26. The molecule has 0 N–H and O–H groups in total. The molecule has 0 radical (unpaired) electrons. The number of carbonyl (C=O) groups is 1. The van der Waals surface area contributed by atoms with Gasteiger partial charge in [-0.15, -0.1) is 5.10 Å². The Kier molecular flexibility index (Phi) is 3.74. The van der Waals surface area contributed by atoms with Crippen LogP contribution >= 0.6 is 0 Å². The Morgan fingerprint density at radius 2 is 1.87 bits per heavy atom. The summed E-state index contributed by atoms with van der Waals surface area (Å²) in [6.07, 6.45) is 5.38. The van der Waals surface area contributed by atoms with Crippen molar-refractivity contribution < 1.29 is 9.53 Å². The number of aromatic nitrogens is 5. The summed E-state index contributed by atoms with van der Waals surface area (Å²) >= 11 is 0. The van der Waals surface area contributed by atoms with Crippen LogP contribution in [-0.2, 0) is 4.79 Å². The van der Waals surface area contributed by atoms with Crippen molar-refractivity contribution in [2.75, 3.05) is 0 Å². The zero-order valence-corrected chi connectivity index (χ0v) is 16.0. The van der Waals surface area contributed by atoms with Crippen LogP contribution < -0.4 is 4.74 Å². The number of rotatable bonds is 2. The molecule has 0 saturated heterocycles. The third-order valence-electron chi connectivity index (χ3n) is 5.62. The molecule has 1 aromatic carbocycles. The first-order valence-corrected chi connectivity index (χ1v) is 9.95. The normalized spacial score (nSPS) is 18.1. The molecule has 0 amide bonds. The minimum atomic E-state index is -0.283. The molecule has 1 aliphatic carbocycles. The van der Waals surface area contributed by atoms with Gasteiger partial charge in [-0.25, -0.2) is 14.5 Å². The first-order valence-electron chi connectivity index (χ1n) is 9.95. The zero-order chi connectivity index (χ0) is 20.1. The van der Waals surface area contributed by atoms with Crippen LogP contribution in [0, 0.1) is 0 Å². The molecule has 4 aromatic rings. The summed E-state index contributed by atoms with van der Waals surface area (Å²) in [6.45, 7) is 0. The smallest absolute Gasteiger partial charge is 0.228 e. The molecule has 3 aromatic heterocycles. The summed E-state index contributed by atoms with van der Waals surface area (Å²) in [6, 6.07) is 15.6. The minimum Gasteiger partial charge on any atom is -0.442 e. The standard InChI is InChI=1S/C23H17N5O2/c29-16-10-6-11-17-19(16)18(14-7-2-1-3-8-14)20-22-26-21(15-9-4-5-12-24-15)27-28(22)13-25-23(20)30-17/h1-5,7-9,12-13,18H,6,10-11H2. The number of nitrogens with zero attached hydrogens (tertiary/aromatic N) is 5. The van der Waals surface area contributed by atoms with E-state index in [0.29, 0.717) is 29.5 Å². The van der Waals surface area contributed by atoms with E-state index < -0.39 is 0 Å². The highest BCUT2D eigenvalue weighted by molar-refractivity contribution is 6.00. The van der Waals surface area contributed by atoms with E-state index in [2.05, 4.69) is 15.1 Å². The van der Waals surface area contributed by atoms with E-state index in [0.717, 1.165) is 35.3 Å². The molecule has 4 heterocycles. The fourth-order valence-electron chi connectivity index (χ4n) is 4.30. The van der Waals surface area contributed by atoms with Crippen LogP contribution in [0.3, 0.4) is 0 Å². The maximum absolute atomic E-state index is 13.0. The van der Waals surface area contributed by atoms with Crippen LogP contribution in [0.25, 0.3) is 17.2 Å². The molecular weight excluding hydrogens is 378 g/mol. The van der Waals surface area contributed by atoms with Gasteiger partial charge in [-0.2, -0.15) is 0 Å². The SMILES string of the molecule is O=C1CCCC2=C1C(c1ccccc1)c1c(ncn3nc(-c4ccccn4)nc13)O2. The molecule has 0 bridgehead atoms. The number of hydrogen-bond donors (Lipinski definition) is 0. The van der Waals surface area contributed by atoms with Crippen molar-refractivity contribution in [2.24, 2.45) is 0 Å². The van der Waals surface area contributed by atoms with Crippen molar-refractivity contribution in [3.63, 3.8) is 0 Å². The highest BCUT2D eigenvalue weighted by Crippen LogP contribution is 2.47. The monoisotopic (exact) mass is 395 g/mol. The molecule has 0 fully saturated rings. The van der Waals surface area contributed by atoms with E-state index in [1.165, 1.54) is 0 Å². The van der Waals surface area contributed by atoms with Gasteiger partial charge in [-0.1, -0.05) is 36.4 Å². The second-order valence-corrected chi connectivity index (χ2v) is 7.44. The maximum atomic E-state index is 13.0. The van der Waals surface area contributed by atoms with Gasteiger partial charge in [0.15, 0.2) is 11.4 Å². The van der Waals surface area contributed by atoms with E-state index in [1.807, 2.05) is 48.5 Å². The van der Waals surface area contributed by atoms with Crippen molar-refractivity contribution in [3.05, 3.63) is 83.5 Å². The molecule has 0 spiro atoms. The van der Waals surface area contributed by atoms with Gasteiger partial charge in [-0.3, -0.25) is 9.78 Å². The third kappa shape index (κ3) is 2.55. The number of pyridine rings is 1. The quantitative estimate of drug-likeness (QED) is 0.515. The van der Waals surface area contributed by atoms with Crippen molar-refractivity contribution in [1.82, 2.24) is 24.6 Å². The fourth-order valence-corrected chi connectivity index (χ4v) is 4.30. The molecule has 1 atom stereocenters. The molecule has 1 unspecified atom stereocenters. The highest BCUT2D eigenvalue weighted by Gasteiger charge is 2.39. The lowest BCUT2D eigenvalue weighted by Gasteiger charge is -2.31. The molecule has 1 aliphatic heterocycles. The first kappa shape index (κ1) is 17.0. The van der Waals surface area contributed by atoms with Gasteiger partial charge in [0.1, 0.15) is 17.8 Å². The predicted molar refractivity (Wildman–Crippen MR) is 109 cm³/mol. The fraction of sp³-hybridized carbons (Fsp3) is 0.174. The molecule has 0 saturated carbocycles. The molecule has 30 heavy (non-hydrogen) atoms. The van der Waals surface area contributed by atoms with Crippen LogP contribution in [0.1, 0.15) is 36.3 Å². The average molecular weight is 395 g/mol. The van der Waals surface area contributed by atoms with Gasteiger partial charge >= 0.3 is 0 Å². The lowest BCUT2D eigenvalue weighted by atomic mass is 9.78. The lowest BCUT2D eigenvalue weighted by molar-refractivity contribution is -0.116. The van der Waals surface area contributed by atoms with E-state index in [9.17, 15) is 4.79 Å². The predicted octanol–water partition coefficient (Wildman–Crippen LogP) is 3.72. The Hall–Kier alpha value is -3.87. The van der Waals surface area contributed by atoms with E-state index >= 15 is 0 Å². The van der Waals surface area contributed by atoms with E-state index in [4.69, 9.17) is 9.72 Å².